The minimum absolute atomic E-state index is 0.0659. The molecule has 0 unspecified atom stereocenters. The largest absolute Gasteiger partial charge is 0.475 e. The molecule has 4 aromatic rings. The number of ether oxygens (including phenoxy) is 1. The predicted octanol–water partition coefficient (Wildman–Crippen LogP) is 4.94. The first-order valence-electron chi connectivity index (χ1n) is 10.9. The molecule has 1 aromatic carbocycles. The number of amides is 1. The van der Waals surface area contributed by atoms with Crippen molar-refractivity contribution in [1.29, 1.82) is 0 Å². The Hall–Kier alpha value is -3.88. The number of likely N-dealkylation sites (tertiary alicyclic amines) is 1. The van der Waals surface area contributed by atoms with Crippen LogP contribution in [0.2, 0.25) is 0 Å². The highest BCUT2D eigenvalue weighted by molar-refractivity contribution is 6.00. The maximum Gasteiger partial charge on any atom is 0.417 e. The Bertz CT molecular complexity index is 1420. The van der Waals surface area contributed by atoms with Crippen LogP contribution in [0.15, 0.2) is 67.0 Å². The molecule has 2 aliphatic rings. The van der Waals surface area contributed by atoms with Crippen molar-refractivity contribution in [3.8, 4) is 17.1 Å². The summed E-state index contributed by atoms with van der Waals surface area (Å²) < 4.78 is 47.9. The number of benzene rings is 1. The number of halogens is 3. The number of nitrogens with zero attached hydrogens (tertiary/aromatic N) is 4. The molecule has 9 heteroatoms. The highest BCUT2D eigenvalue weighted by Crippen LogP contribution is 2.49. The summed E-state index contributed by atoms with van der Waals surface area (Å²) in [6, 6.07) is 16.1. The van der Waals surface area contributed by atoms with E-state index in [1.54, 1.807) is 4.90 Å². The summed E-state index contributed by atoms with van der Waals surface area (Å²) in [6.45, 7) is 0.455. The lowest BCUT2D eigenvalue weighted by Gasteiger charge is -2.33. The average Bonchev–Trinajstić information content (AvgIpc) is 3.54. The van der Waals surface area contributed by atoms with E-state index in [2.05, 4.69) is 9.97 Å². The van der Waals surface area contributed by atoms with Crippen molar-refractivity contribution in [2.24, 2.45) is 0 Å². The molecule has 3 aromatic heterocycles. The first-order chi connectivity index (χ1) is 16.4. The number of hydrogen-bond acceptors (Lipinski definition) is 4. The number of carbonyl (C=O) groups is 1. The summed E-state index contributed by atoms with van der Waals surface area (Å²) in [4.78, 5) is 24.2. The third-order valence-corrected chi connectivity index (χ3v) is 6.64. The summed E-state index contributed by atoms with van der Waals surface area (Å²) >= 11 is 0. The van der Waals surface area contributed by atoms with Gasteiger partial charge in [-0.3, -0.25) is 9.20 Å². The molecule has 5 heterocycles. The second-order valence-electron chi connectivity index (χ2n) is 8.56. The van der Waals surface area contributed by atoms with Gasteiger partial charge in [0, 0.05) is 30.1 Å². The van der Waals surface area contributed by atoms with Crippen molar-refractivity contribution in [3.63, 3.8) is 0 Å². The highest BCUT2D eigenvalue weighted by atomic mass is 19.4. The molecule has 0 saturated carbocycles. The average molecular weight is 464 g/mol. The van der Waals surface area contributed by atoms with Crippen LogP contribution in [-0.2, 0) is 11.7 Å². The molecule has 1 amide bonds. The van der Waals surface area contributed by atoms with Gasteiger partial charge >= 0.3 is 6.18 Å². The van der Waals surface area contributed by atoms with Gasteiger partial charge in [-0.2, -0.15) is 13.2 Å². The maximum absolute atomic E-state index is 14.0. The number of carbonyl (C=O) groups excluding carboxylic acids is 1. The minimum Gasteiger partial charge on any atom is -0.475 e. The molecule has 1 saturated heterocycles. The number of fused-ring (bicyclic) bond motifs is 3. The predicted molar refractivity (Wildman–Crippen MR) is 117 cm³/mol. The maximum atomic E-state index is 14.0. The Kier molecular flexibility index (Phi) is 4.45. The Morgan fingerprint density at radius 3 is 2.68 bits per heavy atom. The molecular formula is C25H19F3N4O2. The van der Waals surface area contributed by atoms with Gasteiger partial charge in [0.15, 0.2) is 5.69 Å². The van der Waals surface area contributed by atoms with E-state index in [0.717, 1.165) is 17.8 Å². The van der Waals surface area contributed by atoms with Gasteiger partial charge in [-0.15, -0.1) is 0 Å². The van der Waals surface area contributed by atoms with Crippen LogP contribution in [0.5, 0.6) is 5.88 Å². The molecule has 2 aliphatic heterocycles. The molecule has 1 spiro atoms. The van der Waals surface area contributed by atoms with Gasteiger partial charge in [0.25, 0.3) is 5.91 Å². The standard InChI is InChI=1S/C25H19F3N4O2/c26-25(27,28)17-13-18-22(29-14-17)34-15-24(18)10-6-12-32(24)23(33)20-21(16-7-2-1-3-8-16)31-11-5-4-9-19(31)30-20/h1-5,7-9,11,13-14H,6,10,12,15H2/t24-/m0/s1. The van der Waals surface area contributed by atoms with E-state index in [1.165, 1.54) is 0 Å². The number of pyridine rings is 2. The summed E-state index contributed by atoms with van der Waals surface area (Å²) in [5.41, 5.74) is 0.775. The van der Waals surface area contributed by atoms with Crippen molar-refractivity contribution in [2.75, 3.05) is 13.2 Å². The van der Waals surface area contributed by atoms with Crippen LogP contribution in [0.25, 0.3) is 16.9 Å². The van der Waals surface area contributed by atoms with E-state index in [0.29, 0.717) is 36.3 Å². The van der Waals surface area contributed by atoms with Gasteiger partial charge in [0.2, 0.25) is 5.88 Å². The topological polar surface area (TPSA) is 59.7 Å². The van der Waals surface area contributed by atoms with E-state index in [-0.39, 0.29) is 24.1 Å². The summed E-state index contributed by atoms with van der Waals surface area (Å²) in [7, 11) is 0. The van der Waals surface area contributed by atoms with Crippen molar-refractivity contribution >= 4 is 11.6 Å². The number of rotatable bonds is 2. The Morgan fingerprint density at radius 1 is 1.09 bits per heavy atom. The number of hydrogen-bond donors (Lipinski definition) is 0. The summed E-state index contributed by atoms with van der Waals surface area (Å²) in [5.74, 6) is -0.195. The third kappa shape index (κ3) is 2.99. The smallest absolute Gasteiger partial charge is 0.417 e. The van der Waals surface area contributed by atoms with Crippen molar-refractivity contribution in [3.05, 3.63) is 83.8 Å². The Morgan fingerprint density at radius 2 is 1.88 bits per heavy atom. The third-order valence-electron chi connectivity index (χ3n) is 6.64. The number of imidazole rings is 1. The molecule has 34 heavy (non-hydrogen) atoms. The molecule has 0 aliphatic carbocycles. The molecule has 6 nitrogen and oxygen atoms in total. The number of alkyl halides is 3. The lowest BCUT2D eigenvalue weighted by Crippen LogP contribution is -2.46. The van der Waals surface area contributed by atoms with Crippen LogP contribution in [0, 0.1) is 0 Å². The van der Waals surface area contributed by atoms with E-state index in [1.807, 2.05) is 59.1 Å². The summed E-state index contributed by atoms with van der Waals surface area (Å²) in [5, 5.41) is 0. The molecule has 1 fully saturated rings. The second-order valence-corrected chi connectivity index (χ2v) is 8.56. The SMILES string of the molecule is O=C(c1nc2ccccn2c1-c1ccccc1)N1CCC[C@@]12COc1ncc(C(F)(F)F)cc12. The van der Waals surface area contributed by atoms with Gasteiger partial charge in [-0.1, -0.05) is 36.4 Å². The van der Waals surface area contributed by atoms with Crippen LogP contribution in [-0.4, -0.2) is 38.3 Å². The Labute approximate surface area is 192 Å². The number of aromatic nitrogens is 3. The highest BCUT2D eigenvalue weighted by Gasteiger charge is 2.53. The van der Waals surface area contributed by atoms with Gasteiger partial charge < -0.3 is 9.64 Å². The van der Waals surface area contributed by atoms with Crippen molar-refractivity contribution < 1.29 is 22.7 Å². The van der Waals surface area contributed by atoms with E-state index >= 15 is 0 Å². The van der Waals surface area contributed by atoms with Crippen LogP contribution in [0.1, 0.15) is 34.5 Å². The van der Waals surface area contributed by atoms with E-state index in [9.17, 15) is 18.0 Å². The fourth-order valence-corrected chi connectivity index (χ4v) is 5.07. The fraction of sp³-hybridized carbons (Fsp3) is 0.240. The summed E-state index contributed by atoms with van der Waals surface area (Å²) in [6.07, 6.45) is -0.799. The van der Waals surface area contributed by atoms with Crippen LogP contribution in [0.4, 0.5) is 13.2 Å². The van der Waals surface area contributed by atoms with Gasteiger partial charge in [-0.25, -0.2) is 9.97 Å². The minimum atomic E-state index is -4.54. The van der Waals surface area contributed by atoms with Crippen LogP contribution >= 0.6 is 0 Å². The second kappa shape index (κ2) is 7.31. The zero-order chi connectivity index (χ0) is 23.5. The first kappa shape index (κ1) is 20.7. The van der Waals surface area contributed by atoms with Crippen LogP contribution in [0.3, 0.4) is 0 Å². The van der Waals surface area contributed by atoms with Crippen molar-refractivity contribution in [1.82, 2.24) is 19.3 Å². The fourth-order valence-electron chi connectivity index (χ4n) is 5.07. The van der Waals surface area contributed by atoms with Crippen LogP contribution < -0.4 is 4.74 Å². The molecule has 172 valence electrons. The van der Waals surface area contributed by atoms with Gasteiger partial charge in [-0.05, 0) is 31.0 Å². The van der Waals surface area contributed by atoms with Gasteiger partial charge in [0.1, 0.15) is 17.8 Å². The lowest BCUT2D eigenvalue weighted by atomic mass is 9.89. The van der Waals surface area contributed by atoms with Crippen molar-refractivity contribution in [2.45, 2.75) is 24.6 Å². The molecule has 6 rings (SSSR count). The van der Waals surface area contributed by atoms with E-state index < -0.39 is 17.3 Å². The molecule has 0 radical (unpaired) electrons. The Balaban J connectivity index is 1.49. The zero-order valence-corrected chi connectivity index (χ0v) is 17.9. The first-order valence-corrected chi connectivity index (χ1v) is 10.9. The monoisotopic (exact) mass is 464 g/mol. The lowest BCUT2D eigenvalue weighted by molar-refractivity contribution is -0.137. The molecule has 0 bridgehead atoms. The normalized spacial score (nSPS) is 19.6. The van der Waals surface area contributed by atoms with E-state index in [4.69, 9.17) is 4.74 Å². The molecule has 1 atom stereocenters. The molecular weight excluding hydrogens is 445 g/mol. The quantitative estimate of drug-likeness (QED) is 0.422. The molecule has 0 N–H and O–H groups in total. The zero-order valence-electron chi connectivity index (χ0n) is 17.9. The van der Waals surface area contributed by atoms with Gasteiger partial charge in [0.05, 0.1) is 11.3 Å².